The Labute approximate surface area is 121 Å². The molecule has 0 fully saturated rings. The molecule has 0 radical (unpaired) electrons. The maximum Gasteiger partial charge on any atom is 0.390 e. The first-order valence-corrected chi connectivity index (χ1v) is 6.39. The first kappa shape index (κ1) is 17.1. The molecule has 1 amide bonds. The molecule has 0 atom stereocenters. The number of rotatable bonds is 4. The first-order valence-electron chi connectivity index (χ1n) is 6.39. The lowest BCUT2D eigenvalue weighted by molar-refractivity contribution is -0.132. The lowest BCUT2D eigenvalue weighted by Crippen LogP contribution is -2.27. The van der Waals surface area contributed by atoms with E-state index in [-0.39, 0.29) is 6.61 Å². The fraction of sp³-hybridized carbons (Fsp3) is 0.400. The van der Waals surface area contributed by atoms with Gasteiger partial charge in [0.1, 0.15) is 0 Å². The molecule has 2 N–H and O–H groups in total. The van der Waals surface area contributed by atoms with Crippen LogP contribution >= 0.6 is 0 Å². The normalized spacial score (nSPS) is 10.7. The largest absolute Gasteiger partial charge is 0.395 e. The van der Waals surface area contributed by atoms with Gasteiger partial charge in [0.2, 0.25) is 0 Å². The van der Waals surface area contributed by atoms with Gasteiger partial charge in [-0.3, -0.25) is 4.79 Å². The molecule has 0 heterocycles. The predicted molar refractivity (Wildman–Crippen MR) is 72.8 cm³/mol. The zero-order chi connectivity index (χ0) is 15.9. The minimum absolute atomic E-state index is 0.0221. The van der Waals surface area contributed by atoms with E-state index < -0.39 is 25.0 Å². The number of aliphatic hydroxyl groups excluding tert-OH is 1. The maximum atomic E-state index is 12.0. The van der Waals surface area contributed by atoms with Crippen molar-refractivity contribution in [1.82, 2.24) is 5.32 Å². The zero-order valence-corrected chi connectivity index (χ0v) is 11.5. The number of halogens is 3. The highest BCUT2D eigenvalue weighted by molar-refractivity contribution is 5.94. The summed E-state index contributed by atoms with van der Waals surface area (Å²) >= 11 is 0. The molecular formula is C15H16F3NO2. The molecule has 6 heteroatoms. The number of carbonyl (C=O) groups excluding carboxylic acids is 1. The summed E-state index contributed by atoms with van der Waals surface area (Å²) < 4.78 is 36.0. The Morgan fingerprint density at radius 1 is 1.38 bits per heavy atom. The third kappa shape index (κ3) is 6.32. The van der Waals surface area contributed by atoms with Crippen LogP contribution in [0.3, 0.4) is 0 Å². The fourth-order valence-corrected chi connectivity index (χ4v) is 1.58. The molecule has 0 aliphatic heterocycles. The monoisotopic (exact) mass is 299 g/mol. The molecule has 0 saturated heterocycles. The van der Waals surface area contributed by atoms with Crippen molar-refractivity contribution in [3.63, 3.8) is 0 Å². The van der Waals surface area contributed by atoms with Crippen LogP contribution in [0.1, 0.15) is 34.3 Å². The summed E-state index contributed by atoms with van der Waals surface area (Å²) in [6.07, 6.45) is -4.98. The summed E-state index contributed by atoms with van der Waals surface area (Å²) in [6.45, 7) is 1.29. The van der Waals surface area contributed by atoms with Crippen molar-refractivity contribution in [3.05, 3.63) is 34.9 Å². The Bertz CT molecular complexity index is 556. The molecule has 21 heavy (non-hydrogen) atoms. The molecule has 1 aromatic carbocycles. The summed E-state index contributed by atoms with van der Waals surface area (Å²) in [5.41, 5.74) is 1.77. The molecule has 3 nitrogen and oxygen atoms in total. The lowest BCUT2D eigenvalue weighted by atomic mass is 10.0. The van der Waals surface area contributed by atoms with Crippen molar-refractivity contribution in [2.24, 2.45) is 0 Å². The highest BCUT2D eigenvalue weighted by Gasteiger charge is 2.26. The Balaban J connectivity index is 2.66. The summed E-state index contributed by atoms with van der Waals surface area (Å²) in [6, 6.07) is 4.73. The lowest BCUT2D eigenvalue weighted by Gasteiger charge is -2.08. The Morgan fingerprint density at radius 2 is 2.10 bits per heavy atom. The average molecular weight is 299 g/mol. The molecule has 0 aromatic heterocycles. The van der Waals surface area contributed by atoms with Crippen LogP contribution in [0.25, 0.3) is 0 Å². The van der Waals surface area contributed by atoms with E-state index in [0.29, 0.717) is 12.0 Å². The summed E-state index contributed by atoms with van der Waals surface area (Å²) in [4.78, 5) is 11.7. The molecule has 0 aliphatic carbocycles. The van der Waals surface area contributed by atoms with Crippen molar-refractivity contribution >= 4 is 5.91 Å². The van der Waals surface area contributed by atoms with Crippen molar-refractivity contribution < 1.29 is 23.1 Å². The topological polar surface area (TPSA) is 49.3 Å². The second-order valence-corrected chi connectivity index (χ2v) is 4.43. The van der Waals surface area contributed by atoms with Crippen LogP contribution in [0.5, 0.6) is 0 Å². The molecule has 0 spiro atoms. The summed E-state index contributed by atoms with van der Waals surface area (Å²) in [5, 5.41) is 10.9. The van der Waals surface area contributed by atoms with Crippen molar-refractivity contribution in [1.29, 1.82) is 0 Å². The number of aliphatic hydroxyl groups is 1. The summed E-state index contributed by atoms with van der Waals surface area (Å²) in [7, 11) is 0. The van der Waals surface area contributed by atoms with Crippen molar-refractivity contribution in [2.75, 3.05) is 13.2 Å². The van der Waals surface area contributed by atoms with Gasteiger partial charge in [-0.2, -0.15) is 13.2 Å². The smallest absolute Gasteiger partial charge is 0.390 e. The van der Waals surface area contributed by atoms with E-state index in [1.807, 2.05) is 0 Å². The number of alkyl halides is 3. The highest BCUT2D eigenvalue weighted by Crippen LogP contribution is 2.18. The third-order valence-corrected chi connectivity index (χ3v) is 2.64. The van der Waals surface area contributed by atoms with Crippen LogP contribution in [0.2, 0.25) is 0 Å². The second-order valence-electron chi connectivity index (χ2n) is 4.43. The maximum absolute atomic E-state index is 12.0. The van der Waals surface area contributed by atoms with Crippen LogP contribution in [0.15, 0.2) is 18.2 Å². The molecule has 0 bridgehead atoms. The Morgan fingerprint density at radius 3 is 2.67 bits per heavy atom. The molecule has 1 aromatic rings. The van der Waals surface area contributed by atoms with Crippen LogP contribution in [0, 0.1) is 18.8 Å². The van der Waals surface area contributed by atoms with Crippen LogP contribution in [0.4, 0.5) is 13.2 Å². The number of amides is 1. The zero-order valence-electron chi connectivity index (χ0n) is 11.5. The molecule has 0 saturated carbocycles. The average Bonchev–Trinajstić information content (AvgIpc) is 2.39. The van der Waals surface area contributed by atoms with Crippen molar-refractivity contribution in [2.45, 2.75) is 25.9 Å². The van der Waals surface area contributed by atoms with Crippen molar-refractivity contribution in [3.8, 4) is 11.8 Å². The minimum atomic E-state index is -4.28. The van der Waals surface area contributed by atoms with Gasteiger partial charge in [-0.05, 0) is 30.7 Å². The highest BCUT2D eigenvalue weighted by atomic mass is 19.4. The SMILES string of the molecule is Cc1cc(C(=O)NCCC(F)(F)F)ccc1C#CCCO. The molecular weight excluding hydrogens is 283 g/mol. The molecule has 0 unspecified atom stereocenters. The number of carbonyl (C=O) groups is 1. The van der Waals surface area contributed by atoms with Gasteiger partial charge < -0.3 is 10.4 Å². The number of hydrogen-bond donors (Lipinski definition) is 2. The van der Waals surface area contributed by atoms with E-state index in [2.05, 4.69) is 17.2 Å². The third-order valence-electron chi connectivity index (χ3n) is 2.64. The van der Waals surface area contributed by atoms with E-state index in [1.54, 1.807) is 19.1 Å². The number of nitrogens with one attached hydrogen (secondary N) is 1. The van der Waals surface area contributed by atoms with Crippen LogP contribution in [-0.2, 0) is 0 Å². The molecule has 0 aliphatic rings. The number of benzene rings is 1. The Hall–Kier alpha value is -2.00. The van der Waals surface area contributed by atoms with Crippen LogP contribution in [-0.4, -0.2) is 30.3 Å². The quantitative estimate of drug-likeness (QED) is 0.839. The minimum Gasteiger partial charge on any atom is -0.395 e. The van der Waals surface area contributed by atoms with E-state index >= 15 is 0 Å². The number of aryl methyl sites for hydroxylation is 1. The van der Waals surface area contributed by atoms with E-state index in [9.17, 15) is 18.0 Å². The molecule has 114 valence electrons. The van der Waals surface area contributed by atoms with Gasteiger partial charge in [0, 0.05) is 24.1 Å². The van der Waals surface area contributed by atoms with Gasteiger partial charge in [0.15, 0.2) is 0 Å². The first-order chi connectivity index (χ1) is 9.83. The van der Waals surface area contributed by atoms with Gasteiger partial charge in [-0.25, -0.2) is 0 Å². The van der Waals surface area contributed by atoms with E-state index in [0.717, 1.165) is 11.1 Å². The van der Waals surface area contributed by atoms with E-state index in [4.69, 9.17) is 5.11 Å². The standard InChI is InChI=1S/C15H16F3NO2/c1-11-10-13(6-5-12(11)4-2-3-9-20)14(21)19-8-7-15(16,17)18/h5-6,10,20H,3,7-9H2,1H3,(H,19,21). The molecule has 1 rings (SSSR count). The Kier molecular flexibility index (Phi) is 6.25. The number of hydrogen-bond acceptors (Lipinski definition) is 2. The second kappa shape index (κ2) is 7.70. The van der Waals surface area contributed by atoms with Crippen LogP contribution < -0.4 is 5.32 Å². The van der Waals surface area contributed by atoms with E-state index in [1.165, 1.54) is 6.07 Å². The van der Waals surface area contributed by atoms with Gasteiger partial charge in [0.25, 0.3) is 5.91 Å². The van der Waals surface area contributed by atoms with Gasteiger partial charge in [-0.15, -0.1) is 0 Å². The predicted octanol–water partition coefficient (Wildman–Crippen LogP) is 2.41. The van der Waals surface area contributed by atoms with Gasteiger partial charge in [-0.1, -0.05) is 11.8 Å². The summed E-state index contributed by atoms with van der Waals surface area (Å²) in [5.74, 6) is 5.07. The van der Waals surface area contributed by atoms with Gasteiger partial charge in [0.05, 0.1) is 13.0 Å². The fourth-order valence-electron chi connectivity index (χ4n) is 1.58. The van der Waals surface area contributed by atoms with Gasteiger partial charge >= 0.3 is 6.18 Å².